The molecular formula is C71H123NO8P+. The number of quaternary nitrogens is 1. The van der Waals surface area contributed by atoms with Crippen LogP contribution >= 0.6 is 7.82 Å². The number of hydrogen-bond donors (Lipinski definition) is 1. The first-order valence-corrected chi connectivity index (χ1v) is 34.3. The van der Waals surface area contributed by atoms with Crippen LogP contribution in [-0.2, 0) is 32.7 Å². The summed E-state index contributed by atoms with van der Waals surface area (Å²) in [7, 11) is 1.44. The van der Waals surface area contributed by atoms with E-state index in [1.165, 1.54) is 135 Å². The fourth-order valence-corrected chi connectivity index (χ4v) is 9.49. The van der Waals surface area contributed by atoms with Gasteiger partial charge in [0.05, 0.1) is 27.7 Å². The van der Waals surface area contributed by atoms with Crippen LogP contribution in [0, 0.1) is 0 Å². The Morgan fingerprint density at radius 3 is 1.05 bits per heavy atom. The fraction of sp³-hybridized carbons (Fsp3) is 0.690. The summed E-state index contributed by atoms with van der Waals surface area (Å²) in [6.45, 7) is 4.29. The van der Waals surface area contributed by atoms with Gasteiger partial charge in [-0.2, -0.15) is 0 Å². The van der Waals surface area contributed by atoms with E-state index in [1.54, 1.807) is 0 Å². The molecule has 0 aromatic rings. The third kappa shape index (κ3) is 65.4. The SMILES string of the molecule is CC/C=C\C/C=C\C/C=C\C/C=C\C/C=C\C/C=C\C/C=C\C/C=C\C/C=C\C/C=C\CCCCC(=O)OC(COC(=O)CCCCCCCCCCCCCCCCCCCCCCCCCC)COP(=O)(O)OCC[N+](C)(C)C. The third-order valence-electron chi connectivity index (χ3n) is 13.8. The molecule has 0 spiro atoms. The summed E-state index contributed by atoms with van der Waals surface area (Å²) in [4.78, 5) is 35.8. The van der Waals surface area contributed by atoms with E-state index in [9.17, 15) is 19.0 Å². The van der Waals surface area contributed by atoms with Gasteiger partial charge in [0, 0.05) is 12.8 Å². The molecule has 0 aromatic carbocycles. The number of allylic oxidation sites excluding steroid dienone is 20. The first kappa shape index (κ1) is 77.4. The second-order valence-corrected chi connectivity index (χ2v) is 24.2. The van der Waals surface area contributed by atoms with Gasteiger partial charge in [-0.3, -0.25) is 18.6 Å². The van der Waals surface area contributed by atoms with E-state index in [2.05, 4.69) is 135 Å². The number of esters is 2. The highest BCUT2D eigenvalue weighted by Gasteiger charge is 2.27. The largest absolute Gasteiger partial charge is 0.472 e. The van der Waals surface area contributed by atoms with Crippen molar-refractivity contribution >= 4 is 19.8 Å². The number of carbonyl (C=O) groups is 2. The van der Waals surface area contributed by atoms with Gasteiger partial charge in [0.15, 0.2) is 6.10 Å². The fourth-order valence-electron chi connectivity index (χ4n) is 8.75. The van der Waals surface area contributed by atoms with Crippen LogP contribution in [-0.4, -0.2) is 74.9 Å². The summed E-state index contributed by atoms with van der Waals surface area (Å²) < 4.78 is 34.6. The van der Waals surface area contributed by atoms with Gasteiger partial charge in [0.25, 0.3) is 0 Å². The number of unbranched alkanes of at least 4 members (excludes halogenated alkanes) is 25. The lowest BCUT2D eigenvalue weighted by Crippen LogP contribution is -2.37. The van der Waals surface area contributed by atoms with E-state index in [4.69, 9.17) is 18.5 Å². The standard InChI is InChI=1S/C71H122NO8P/c1-6-8-10-12-14-16-18-20-22-24-26-28-30-32-33-34-35-36-37-38-39-40-42-44-46-48-50-52-54-56-58-60-62-64-71(74)80-69(68-79-81(75,76)78-66-65-72(3,4)5)67-77-70(73)63-61-59-57-55-53-51-49-47-45-43-41-31-29-27-25-23-21-19-17-15-13-11-9-7-2/h8,10,14,16,20,22,26,28,32-33,35-36,38-39,42,44,48,50,54,56,69H,6-7,9,11-13,15,17-19,21,23-25,27,29-31,34,37,40-41,43,45-47,49,51-53,55,57-68H2,1-5H3/p+1/b10-8-,16-14-,22-20-,28-26-,33-32-,36-35-,39-38-,44-42-,50-48-,56-54-. The van der Waals surface area contributed by atoms with Crippen molar-refractivity contribution in [2.75, 3.05) is 47.5 Å². The molecule has 0 fully saturated rings. The van der Waals surface area contributed by atoms with Crippen LogP contribution in [0.1, 0.15) is 264 Å². The molecule has 0 aliphatic rings. The molecule has 0 radical (unpaired) electrons. The molecule has 0 aliphatic heterocycles. The number of rotatable bonds is 59. The Kier molecular flexibility index (Phi) is 58.3. The maximum Gasteiger partial charge on any atom is 0.472 e. The predicted molar refractivity (Wildman–Crippen MR) is 348 cm³/mol. The lowest BCUT2D eigenvalue weighted by molar-refractivity contribution is -0.870. The molecule has 0 saturated carbocycles. The lowest BCUT2D eigenvalue weighted by atomic mass is 10.0. The first-order chi connectivity index (χ1) is 39.5. The zero-order valence-electron chi connectivity index (χ0n) is 52.7. The first-order valence-electron chi connectivity index (χ1n) is 32.8. The van der Waals surface area contributed by atoms with Crippen molar-refractivity contribution in [1.29, 1.82) is 0 Å². The summed E-state index contributed by atoms with van der Waals surface area (Å²) in [6.07, 6.45) is 87.2. The van der Waals surface area contributed by atoms with Crippen molar-refractivity contribution in [1.82, 2.24) is 0 Å². The molecular weight excluding hydrogens is 1030 g/mol. The lowest BCUT2D eigenvalue weighted by Gasteiger charge is -2.24. The molecule has 0 bridgehead atoms. The Hall–Kier alpha value is -3.59. The molecule has 0 rings (SSSR count). The summed E-state index contributed by atoms with van der Waals surface area (Å²) in [5.41, 5.74) is 0. The Morgan fingerprint density at radius 2 is 0.704 bits per heavy atom. The van der Waals surface area contributed by atoms with Crippen molar-refractivity contribution in [3.8, 4) is 0 Å². The second kappa shape index (κ2) is 61.0. The van der Waals surface area contributed by atoms with Gasteiger partial charge in [0.1, 0.15) is 19.8 Å². The van der Waals surface area contributed by atoms with E-state index in [1.807, 2.05) is 21.1 Å². The molecule has 0 aromatic heterocycles. The smallest absolute Gasteiger partial charge is 0.462 e. The van der Waals surface area contributed by atoms with Gasteiger partial charge < -0.3 is 18.9 Å². The van der Waals surface area contributed by atoms with E-state index in [0.717, 1.165) is 96.3 Å². The normalized spacial score (nSPS) is 14.0. The molecule has 9 nitrogen and oxygen atoms in total. The van der Waals surface area contributed by atoms with Gasteiger partial charge >= 0.3 is 19.8 Å². The highest BCUT2D eigenvalue weighted by molar-refractivity contribution is 7.47. The zero-order chi connectivity index (χ0) is 59.1. The van der Waals surface area contributed by atoms with E-state index < -0.39 is 26.5 Å². The molecule has 1 N–H and O–H groups in total. The molecule has 464 valence electrons. The minimum Gasteiger partial charge on any atom is -0.462 e. The van der Waals surface area contributed by atoms with Gasteiger partial charge in [0.2, 0.25) is 0 Å². The molecule has 0 aliphatic carbocycles. The molecule has 2 unspecified atom stereocenters. The number of phosphoric ester groups is 1. The van der Waals surface area contributed by atoms with Crippen molar-refractivity contribution in [3.63, 3.8) is 0 Å². The Bertz CT molecular complexity index is 1780. The van der Waals surface area contributed by atoms with Gasteiger partial charge in [-0.05, 0) is 89.9 Å². The van der Waals surface area contributed by atoms with Crippen molar-refractivity contribution in [2.24, 2.45) is 0 Å². The summed E-state index contributed by atoms with van der Waals surface area (Å²) in [6, 6.07) is 0. The van der Waals surface area contributed by atoms with E-state index >= 15 is 0 Å². The van der Waals surface area contributed by atoms with Gasteiger partial charge in [-0.1, -0.05) is 283 Å². The van der Waals surface area contributed by atoms with Crippen molar-refractivity contribution in [3.05, 3.63) is 122 Å². The van der Waals surface area contributed by atoms with Gasteiger partial charge in [-0.15, -0.1) is 0 Å². The molecule has 0 saturated heterocycles. The third-order valence-corrected chi connectivity index (χ3v) is 14.7. The van der Waals surface area contributed by atoms with Crippen molar-refractivity contribution in [2.45, 2.75) is 270 Å². The van der Waals surface area contributed by atoms with Gasteiger partial charge in [-0.25, -0.2) is 4.57 Å². The van der Waals surface area contributed by atoms with Crippen molar-refractivity contribution < 1.29 is 42.1 Å². The van der Waals surface area contributed by atoms with Crippen LogP contribution in [0.15, 0.2) is 122 Å². The average Bonchev–Trinajstić information content (AvgIpc) is 3.43. The number of carbonyl (C=O) groups excluding carboxylic acids is 2. The summed E-state index contributed by atoms with van der Waals surface area (Å²) in [5, 5.41) is 0. The van der Waals surface area contributed by atoms with Crippen LogP contribution in [0.25, 0.3) is 0 Å². The Balaban J connectivity index is 4.22. The van der Waals surface area contributed by atoms with Crippen LogP contribution in [0.2, 0.25) is 0 Å². The number of ether oxygens (including phenoxy) is 2. The second-order valence-electron chi connectivity index (χ2n) is 22.8. The number of likely N-dealkylation sites (N-methyl/N-ethyl adjacent to an activating group) is 1. The minimum atomic E-state index is -4.41. The molecule has 0 amide bonds. The summed E-state index contributed by atoms with van der Waals surface area (Å²) in [5.74, 6) is -0.848. The van der Waals surface area contributed by atoms with Crippen LogP contribution in [0.3, 0.4) is 0 Å². The van der Waals surface area contributed by atoms with E-state index in [0.29, 0.717) is 17.4 Å². The zero-order valence-corrected chi connectivity index (χ0v) is 53.6. The number of nitrogens with zero attached hydrogens (tertiary/aromatic N) is 1. The minimum absolute atomic E-state index is 0.0180. The predicted octanol–water partition coefficient (Wildman–Crippen LogP) is 21.1. The Labute approximate surface area is 498 Å². The van der Waals surface area contributed by atoms with E-state index in [-0.39, 0.29) is 32.0 Å². The monoisotopic (exact) mass is 1150 g/mol. The maximum atomic E-state index is 12.8. The molecule has 10 heteroatoms. The highest BCUT2D eigenvalue weighted by atomic mass is 31.2. The number of hydrogen-bond acceptors (Lipinski definition) is 7. The van der Waals surface area contributed by atoms with Crippen LogP contribution in [0.4, 0.5) is 0 Å². The molecule has 2 atom stereocenters. The maximum absolute atomic E-state index is 12.8. The Morgan fingerprint density at radius 1 is 0.395 bits per heavy atom. The quantitative estimate of drug-likeness (QED) is 0.0211. The summed E-state index contributed by atoms with van der Waals surface area (Å²) >= 11 is 0. The van der Waals surface area contributed by atoms with Crippen LogP contribution in [0.5, 0.6) is 0 Å². The topological polar surface area (TPSA) is 108 Å². The number of phosphoric acid groups is 1. The van der Waals surface area contributed by atoms with Crippen LogP contribution < -0.4 is 0 Å². The highest BCUT2D eigenvalue weighted by Crippen LogP contribution is 2.43. The molecule has 81 heavy (non-hydrogen) atoms. The average molecular weight is 1150 g/mol. The molecule has 0 heterocycles.